The van der Waals surface area contributed by atoms with Gasteiger partial charge in [0, 0.05) is 36.3 Å². The van der Waals surface area contributed by atoms with Gasteiger partial charge in [0.05, 0.1) is 6.20 Å². The lowest BCUT2D eigenvalue weighted by molar-refractivity contribution is 1.09. The van der Waals surface area contributed by atoms with Crippen molar-refractivity contribution in [2.75, 3.05) is 11.1 Å². The Bertz CT molecular complexity index is 435. The molecule has 0 spiro atoms. The Labute approximate surface area is 87.7 Å². The third-order valence-electron chi connectivity index (χ3n) is 2.17. The summed E-state index contributed by atoms with van der Waals surface area (Å²) in [4.78, 5) is 4.22. The van der Waals surface area contributed by atoms with Crippen LogP contribution in [0.3, 0.4) is 0 Å². The molecular formula is C10H13N5. The number of aryl methyl sites for hydroxylation is 1. The SMILES string of the molecule is Cc1cnc(NCc2cn[nH]c2)cc1N. The van der Waals surface area contributed by atoms with E-state index in [1.165, 1.54) is 0 Å². The molecule has 15 heavy (non-hydrogen) atoms. The molecule has 5 heteroatoms. The lowest BCUT2D eigenvalue weighted by Crippen LogP contribution is -2.02. The Morgan fingerprint density at radius 3 is 3.00 bits per heavy atom. The van der Waals surface area contributed by atoms with Gasteiger partial charge in [-0.25, -0.2) is 4.98 Å². The molecule has 5 nitrogen and oxygen atoms in total. The van der Waals surface area contributed by atoms with Crippen molar-refractivity contribution in [2.24, 2.45) is 0 Å². The molecule has 0 saturated heterocycles. The normalized spacial score (nSPS) is 10.2. The van der Waals surface area contributed by atoms with Crippen LogP contribution in [-0.2, 0) is 6.54 Å². The van der Waals surface area contributed by atoms with E-state index in [4.69, 9.17) is 5.73 Å². The van der Waals surface area contributed by atoms with Crippen LogP contribution in [0.25, 0.3) is 0 Å². The van der Waals surface area contributed by atoms with Crippen molar-refractivity contribution in [3.05, 3.63) is 35.8 Å². The van der Waals surface area contributed by atoms with Crippen LogP contribution >= 0.6 is 0 Å². The van der Waals surface area contributed by atoms with E-state index in [1.54, 1.807) is 12.4 Å². The summed E-state index contributed by atoms with van der Waals surface area (Å²) in [6, 6.07) is 1.83. The largest absolute Gasteiger partial charge is 0.398 e. The highest BCUT2D eigenvalue weighted by Gasteiger charge is 1.98. The number of nitrogens with zero attached hydrogens (tertiary/aromatic N) is 2. The molecule has 2 aromatic rings. The van der Waals surface area contributed by atoms with Crippen LogP contribution in [0, 0.1) is 6.92 Å². The molecule has 2 heterocycles. The molecule has 4 N–H and O–H groups in total. The Balaban J connectivity index is 2.02. The summed E-state index contributed by atoms with van der Waals surface area (Å²) in [6.07, 6.45) is 5.36. The third-order valence-corrected chi connectivity index (χ3v) is 2.17. The molecule has 0 atom stereocenters. The van der Waals surface area contributed by atoms with Crippen molar-refractivity contribution in [1.82, 2.24) is 15.2 Å². The van der Waals surface area contributed by atoms with Crippen molar-refractivity contribution in [3.8, 4) is 0 Å². The lowest BCUT2D eigenvalue weighted by Gasteiger charge is -2.05. The van der Waals surface area contributed by atoms with Crippen molar-refractivity contribution in [3.63, 3.8) is 0 Å². The summed E-state index contributed by atoms with van der Waals surface area (Å²) < 4.78 is 0. The van der Waals surface area contributed by atoms with Gasteiger partial charge >= 0.3 is 0 Å². The monoisotopic (exact) mass is 203 g/mol. The molecule has 0 unspecified atom stereocenters. The number of aromatic nitrogens is 3. The first kappa shape index (κ1) is 9.51. The van der Waals surface area contributed by atoms with Gasteiger partial charge in [0.15, 0.2) is 0 Å². The van der Waals surface area contributed by atoms with Gasteiger partial charge in [-0.1, -0.05) is 0 Å². The molecule has 0 saturated carbocycles. The topological polar surface area (TPSA) is 79.6 Å². The van der Waals surface area contributed by atoms with Gasteiger partial charge in [-0.15, -0.1) is 0 Å². The fourth-order valence-corrected chi connectivity index (χ4v) is 1.20. The van der Waals surface area contributed by atoms with Gasteiger partial charge in [0.2, 0.25) is 0 Å². The lowest BCUT2D eigenvalue weighted by atomic mass is 10.2. The highest BCUT2D eigenvalue weighted by Crippen LogP contribution is 2.14. The summed E-state index contributed by atoms with van der Waals surface area (Å²) in [6.45, 7) is 2.62. The quantitative estimate of drug-likeness (QED) is 0.702. The zero-order valence-corrected chi connectivity index (χ0v) is 8.49. The molecule has 2 rings (SSSR count). The first-order chi connectivity index (χ1) is 7.25. The van der Waals surface area contributed by atoms with E-state index in [0.717, 1.165) is 22.6 Å². The number of pyridine rings is 1. The molecule has 2 aromatic heterocycles. The van der Waals surface area contributed by atoms with Crippen molar-refractivity contribution < 1.29 is 0 Å². The Kier molecular flexibility index (Phi) is 2.53. The minimum absolute atomic E-state index is 0.687. The maximum absolute atomic E-state index is 5.77. The number of H-pyrrole nitrogens is 1. The van der Waals surface area contributed by atoms with Crippen LogP contribution in [0.2, 0.25) is 0 Å². The van der Waals surface area contributed by atoms with E-state index in [0.29, 0.717) is 6.54 Å². The second-order valence-corrected chi connectivity index (χ2v) is 3.39. The second kappa shape index (κ2) is 4.00. The van der Waals surface area contributed by atoms with E-state index in [2.05, 4.69) is 20.5 Å². The molecule has 78 valence electrons. The van der Waals surface area contributed by atoms with E-state index in [-0.39, 0.29) is 0 Å². The van der Waals surface area contributed by atoms with E-state index < -0.39 is 0 Å². The molecule has 0 bridgehead atoms. The molecule has 0 amide bonds. The van der Waals surface area contributed by atoms with E-state index >= 15 is 0 Å². The first-order valence-corrected chi connectivity index (χ1v) is 4.69. The van der Waals surface area contributed by atoms with Gasteiger partial charge < -0.3 is 11.1 Å². The van der Waals surface area contributed by atoms with Gasteiger partial charge in [0.25, 0.3) is 0 Å². The first-order valence-electron chi connectivity index (χ1n) is 4.69. The highest BCUT2D eigenvalue weighted by molar-refractivity contribution is 5.53. The molecule has 0 fully saturated rings. The summed E-state index contributed by atoms with van der Waals surface area (Å²) >= 11 is 0. The number of nitrogens with two attached hydrogens (primary N) is 1. The van der Waals surface area contributed by atoms with Crippen LogP contribution in [0.4, 0.5) is 11.5 Å². The average molecular weight is 203 g/mol. The van der Waals surface area contributed by atoms with Crippen molar-refractivity contribution in [1.29, 1.82) is 0 Å². The Morgan fingerprint density at radius 1 is 1.47 bits per heavy atom. The molecule has 0 radical (unpaired) electrons. The predicted octanol–water partition coefficient (Wildman–Crippen LogP) is 1.31. The molecule has 0 aliphatic carbocycles. The summed E-state index contributed by atoms with van der Waals surface area (Å²) in [7, 11) is 0. The number of hydrogen-bond acceptors (Lipinski definition) is 4. The molecule has 0 aliphatic rings. The third kappa shape index (κ3) is 2.25. The molecular weight excluding hydrogens is 190 g/mol. The van der Waals surface area contributed by atoms with Crippen LogP contribution in [-0.4, -0.2) is 15.2 Å². The number of aromatic amines is 1. The standard InChI is InChI=1S/C10H13N5/c1-7-3-12-10(2-9(7)11)13-4-8-5-14-15-6-8/h2-3,5-6H,4H2,1H3,(H,14,15)(H3,11,12,13). The summed E-state index contributed by atoms with van der Waals surface area (Å²) in [5.74, 6) is 0.777. The van der Waals surface area contributed by atoms with Gasteiger partial charge in [-0.05, 0) is 12.5 Å². The fraction of sp³-hybridized carbons (Fsp3) is 0.200. The summed E-state index contributed by atoms with van der Waals surface area (Å²) in [5.41, 5.74) is 8.59. The predicted molar refractivity (Wildman–Crippen MR) is 59.3 cm³/mol. The van der Waals surface area contributed by atoms with E-state index in [1.807, 2.05) is 19.2 Å². The number of rotatable bonds is 3. The minimum atomic E-state index is 0.687. The number of nitrogens with one attached hydrogen (secondary N) is 2. The molecule has 0 aliphatic heterocycles. The maximum Gasteiger partial charge on any atom is 0.128 e. The molecule has 0 aromatic carbocycles. The number of nitrogen functional groups attached to an aromatic ring is 1. The van der Waals surface area contributed by atoms with Crippen molar-refractivity contribution >= 4 is 11.5 Å². The Hall–Kier alpha value is -2.04. The maximum atomic E-state index is 5.77. The minimum Gasteiger partial charge on any atom is -0.398 e. The average Bonchev–Trinajstić information content (AvgIpc) is 2.73. The Morgan fingerprint density at radius 2 is 2.33 bits per heavy atom. The zero-order valence-electron chi connectivity index (χ0n) is 8.49. The van der Waals surface area contributed by atoms with Crippen LogP contribution in [0.1, 0.15) is 11.1 Å². The van der Waals surface area contributed by atoms with Crippen molar-refractivity contribution in [2.45, 2.75) is 13.5 Å². The van der Waals surface area contributed by atoms with Gasteiger partial charge in [-0.3, -0.25) is 5.10 Å². The zero-order chi connectivity index (χ0) is 10.7. The van der Waals surface area contributed by atoms with E-state index in [9.17, 15) is 0 Å². The summed E-state index contributed by atoms with van der Waals surface area (Å²) in [5, 5.41) is 9.77. The fourth-order valence-electron chi connectivity index (χ4n) is 1.20. The number of anilines is 2. The highest BCUT2D eigenvalue weighted by atomic mass is 15.1. The van der Waals surface area contributed by atoms with Crippen LogP contribution < -0.4 is 11.1 Å². The number of hydrogen-bond donors (Lipinski definition) is 3. The smallest absolute Gasteiger partial charge is 0.128 e. The van der Waals surface area contributed by atoms with Crippen LogP contribution in [0.15, 0.2) is 24.7 Å². The second-order valence-electron chi connectivity index (χ2n) is 3.39. The van der Waals surface area contributed by atoms with Gasteiger partial charge in [0.1, 0.15) is 5.82 Å². The van der Waals surface area contributed by atoms with Crippen LogP contribution in [0.5, 0.6) is 0 Å². The van der Waals surface area contributed by atoms with Gasteiger partial charge in [-0.2, -0.15) is 5.10 Å².